The molecule has 0 aliphatic heterocycles. The SMILES string of the molecule is [Cl][Pb]([Cl])([Cl])[Cl].[PbH2]. The molecule has 38 valence electrons. The van der Waals surface area contributed by atoms with Crippen molar-refractivity contribution in [1.82, 2.24) is 0 Å². The molecule has 0 aromatic rings. The third-order valence-corrected chi connectivity index (χ3v) is 0. The summed E-state index contributed by atoms with van der Waals surface area (Å²) in [5, 5.41) is 0. The Morgan fingerprint density at radius 3 is 0.833 bits per heavy atom. The molecule has 0 nitrogen and oxygen atoms in total. The molecule has 6 heteroatoms. The van der Waals surface area contributed by atoms with Crippen molar-refractivity contribution in [3.8, 4) is 0 Å². The summed E-state index contributed by atoms with van der Waals surface area (Å²) < 4.78 is 0. The van der Waals surface area contributed by atoms with Crippen molar-refractivity contribution in [2.45, 2.75) is 0 Å². The fourth-order valence-corrected chi connectivity index (χ4v) is 0. The fraction of sp³-hybridized carbons (Fsp3) is 0. The zero-order valence-electron chi connectivity index (χ0n) is 2.72. The molecular weight excluding hydrogens is 556 g/mol. The van der Waals surface area contributed by atoms with Crippen molar-refractivity contribution < 1.29 is 0 Å². The first kappa shape index (κ1) is 11.8. The average Bonchev–Trinajstić information content (AvgIpc) is 0.722. The maximum atomic E-state index is 5.05. The van der Waals surface area contributed by atoms with Crippen LogP contribution in [-0.4, -0.2) is 43.6 Å². The first-order valence-electron chi connectivity index (χ1n) is 0.756. The second-order valence-corrected chi connectivity index (χ2v) is 33.8. The van der Waals surface area contributed by atoms with E-state index in [2.05, 4.69) is 0 Å². The van der Waals surface area contributed by atoms with Crippen LogP contribution in [0.25, 0.3) is 0 Å². The van der Waals surface area contributed by atoms with Crippen LogP contribution < -0.4 is 0 Å². The van der Waals surface area contributed by atoms with E-state index in [0.29, 0.717) is 0 Å². The molecule has 6 heavy (non-hydrogen) atoms. The van der Waals surface area contributed by atoms with Gasteiger partial charge in [0.15, 0.2) is 0 Å². The van der Waals surface area contributed by atoms with Crippen molar-refractivity contribution >= 4 is 76.8 Å². The van der Waals surface area contributed by atoms with E-state index in [-0.39, 0.29) is 27.3 Å². The number of rotatable bonds is 0. The van der Waals surface area contributed by atoms with Gasteiger partial charge in [0.05, 0.1) is 0 Å². The van der Waals surface area contributed by atoms with Gasteiger partial charge in [0.25, 0.3) is 0 Å². The Hall–Kier alpha value is 3.00. The Labute approximate surface area is 75.2 Å². The maximum absolute atomic E-state index is 5.05. The van der Waals surface area contributed by atoms with Gasteiger partial charge < -0.3 is 0 Å². The van der Waals surface area contributed by atoms with E-state index in [1.54, 1.807) is 0 Å². The fourth-order valence-electron chi connectivity index (χ4n) is 0. The Morgan fingerprint density at radius 2 is 0.833 bits per heavy atom. The molecule has 0 aliphatic rings. The molecule has 2 radical (unpaired) electrons. The summed E-state index contributed by atoms with van der Waals surface area (Å²) in [5.74, 6) is 0. The minimum atomic E-state index is -3.39. The molecule has 0 rings (SSSR count). The van der Waals surface area contributed by atoms with Gasteiger partial charge in [0, 0.05) is 0 Å². The number of hydrogen-bond acceptors (Lipinski definition) is 0. The molecule has 0 saturated heterocycles. The molecular formula is H2Cl4Pb2. The first-order valence-corrected chi connectivity index (χ1v) is 19.9. The van der Waals surface area contributed by atoms with Crippen LogP contribution in [0.5, 0.6) is 0 Å². The summed E-state index contributed by atoms with van der Waals surface area (Å²) in [7, 11) is 20.2. The Kier molecular flexibility index (Phi) is 9.49. The number of halogens is 4. The van der Waals surface area contributed by atoms with Crippen LogP contribution in [0.4, 0.5) is 0 Å². The van der Waals surface area contributed by atoms with E-state index in [4.69, 9.17) is 33.3 Å². The third kappa shape index (κ3) is 28.0. The van der Waals surface area contributed by atoms with E-state index >= 15 is 0 Å². The van der Waals surface area contributed by atoms with Gasteiger partial charge in [-0.2, -0.15) is 0 Å². The molecule has 0 N–H and O–H groups in total. The predicted octanol–water partition coefficient (Wildman–Crippen LogP) is 1.46. The molecule has 0 aromatic heterocycles. The molecule has 0 heterocycles. The topological polar surface area (TPSA) is 0 Å². The molecule has 0 unspecified atom stereocenters. The van der Waals surface area contributed by atoms with E-state index < -0.39 is 16.3 Å². The van der Waals surface area contributed by atoms with E-state index in [9.17, 15) is 0 Å². The Balaban J connectivity index is 0. The zero-order valence-corrected chi connectivity index (χ0v) is 15.1. The summed E-state index contributed by atoms with van der Waals surface area (Å²) in [6, 6.07) is 0. The van der Waals surface area contributed by atoms with Gasteiger partial charge >= 0.3 is 76.8 Å². The van der Waals surface area contributed by atoms with Gasteiger partial charge in [-0.15, -0.1) is 0 Å². The van der Waals surface area contributed by atoms with Crippen LogP contribution in [0.2, 0.25) is 0 Å². The van der Waals surface area contributed by atoms with E-state index in [1.165, 1.54) is 0 Å². The predicted molar refractivity (Wildman–Crippen MR) is 37.7 cm³/mol. The summed E-state index contributed by atoms with van der Waals surface area (Å²) in [6.45, 7) is 0. The zero-order chi connectivity index (χ0) is 4.50. The van der Waals surface area contributed by atoms with Crippen LogP contribution in [0.1, 0.15) is 0 Å². The van der Waals surface area contributed by atoms with Gasteiger partial charge in [-0.25, -0.2) is 0 Å². The van der Waals surface area contributed by atoms with Gasteiger partial charge in [-0.1, -0.05) is 0 Å². The van der Waals surface area contributed by atoms with Crippen molar-refractivity contribution in [3.63, 3.8) is 0 Å². The van der Waals surface area contributed by atoms with Crippen LogP contribution >= 0.6 is 33.3 Å². The second kappa shape index (κ2) is 4.84. The first-order chi connectivity index (χ1) is 2.00. The molecule has 0 saturated carbocycles. The van der Waals surface area contributed by atoms with Crippen molar-refractivity contribution in [1.29, 1.82) is 0 Å². The summed E-state index contributed by atoms with van der Waals surface area (Å²) >= 11 is -3.39. The summed E-state index contributed by atoms with van der Waals surface area (Å²) in [4.78, 5) is 0. The molecule has 0 fully saturated rings. The van der Waals surface area contributed by atoms with Crippen LogP contribution in [0.15, 0.2) is 0 Å². The van der Waals surface area contributed by atoms with Crippen LogP contribution in [0.3, 0.4) is 0 Å². The average molecular weight is 558 g/mol. The quantitative estimate of drug-likeness (QED) is 0.396. The molecule has 0 bridgehead atoms. The molecule has 0 atom stereocenters. The van der Waals surface area contributed by atoms with Gasteiger partial charge in [0.2, 0.25) is 0 Å². The molecule has 0 amide bonds. The molecule has 0 aromatic carbocycles. The molecule has 0 aliphatic carbocycles. The molecule has 0 spiro atoms. The summed E-state index contributed by atoms with van der Waals surface area (Å²) in [5.41, 5.74) is 0. The van der Waals surface area contributed by atoms with Crippen LogP contribution in [-0.2, 0) is 0 Å². The van der Waals surface area contributed by atoms with Crippen molar-refractivity contribution in [3.05, 3.63) is 0 Å². The van der Waals surface area contributed by atoms with Gasteiger partial charge in [0.1, 0.15) is 0 Å². The normalized spacial score (nSPS) is 10.0. The minimum absolute atomic E-state index is 0. The van der Waals surface area contributed by atoms with Crippen molar-refractivity contribution in [2.75, 3.05) is 0 Å². The third-order valence-electron chi connectivity index (χ3n) is 0. The van der Waals surface area contributed by atoms with Crippen LogP contribution in [0, 0.1) is 0 Å². The Morgan fingerprint density at radius 1 is 0.833 bits per heavy atom. The Bertz CT molecular complexity index is 21.0. The summed E-state index contributed by atoms with van der Waals surface area (Å²) in [6.07, 6.45) is 0. The number of hydrogen-bond donors (Lipinski definition) is 0. The standard InChI is InChI=1S/4ClH.2Pb.2H/h4*1H;;;;/q;;;;;+4;;/p-4. The van der Waals surface area contributed by atoms with Crippen molar-refractivity contribution in [2.24, 2.45) is 0 Å². The monoisotopic (exact) mass is 558 g/mol. The van der Waals surface area contributed by atoms with E-state index in [0.717, 1.165) is 0 Å². The van der Waals surface area contributed by atoms with Gasteiger partial charge in [-0.3, -0.25) is 0 Å². The van der Waals surface area contributed by atoms with Gasteiger partial charge in [-0.05, 0) is 0 Å². The second-order valence-electron chi connectivity index (χ2n) is 0.429. The van der Waals surface area contributed by atoms with E-state index in [1.807, 2.05) is 0 Å².